The minimum atomic E-state index is -0.215. The SMILES string of the molecule is C=C(/C=C/c1ccc(NC(=O)C(C)CCCCCC)cc1)/C(N)=C\C=C(/C)NC(=O)c1ccc(OC)cc1.CC.CC. The van der Waals surface area contributed by atoms with E-state index >= 15 is 0 Å². The lowest BCUT2D eigenvalue weighted by molar-refractivity contribution is -0.119. The first-order valence-electron chi connectivity index (χ1n) is 15.1. The van der Waals surface area contributed by atoms with E-state index in [9.17, 15) is 9.59 Å². The number of benzene rings is 2. The standard InChI is InChI=1S/C32H41N3O3.2C2H6/c1-6-7-8-9-10-24(3)31(36)35-28-18-14-26(15-19-28)13-11-23(2)30(33)22-12-25(4)34-32(37)27-16-20-29(38-5)21-17-27;2*1-2/h11-22,24H,2,6-10,33H2,1,3-5H3,(H,34,37)(H,35,36);2*1-2H3/b13-11+,25-12+,30-22+;;. The molecule has 0 bridgehead atoms. The number of hydrogen-bond acceptors (Lipinski definition) is 4. The molecule has 0 radical (unpaired) electrons. The number of carbonyl (C=O) groups excluding carboxylic acids is 2. The van der Waals surface area contributed by atoms with E-state index in [-0.39, 0.29) is 17.7 Å². The van der Waals surface area contributed by atoms with E-state index in [0.717, 1.165) is 24.1 Å². The number of amides is 2. The van der Waals surface area contributed by atoms with Gasteiger partial charge in [-0.15, -0.1) is 0 Å². The minimum Gasteiger partial charge on any atom is -0.497 e. The van der Waals surface area contributed by atoms with Crippen LogP contribution in [-0.2, 0) is 4.79 Å². The summed E-state index contributed by atoms with van der Waals surface area (Å²) in [5.74, 6) is 0.530. The summed E-state index contributed by atoms with van der Waals surface area (Å²) in [5.41, 5.74) is 10.2. The summed E-state index contributed by atoms with van der Waals surface area (Å²) in [4.78, 5) is 24.8. The van der Waals surface area contributed by atoms with Gasteiger partial charge in [-0.25, -0.2) is 0 Å². The summed E-state index contributed by atoms with van der Waals surface area (Å²) in [6, 6.07) is 14.5. The van der Waals surface area contributed by atoms with Gasteiger partial charge in [-0.3, -0.25) is 9.59 Å². The van der Waals surface area contributed by atoms with Crippen LogP contribution >= 0.6 is 0 Å². The molecule has 0 spiro atoms. The zero-order valence-corrected chi connectivity index (χ0v) is 27.1. The number of nitrogens with two attached hydrogens (primary N) is 1. The summed E-state index contributed by atoms with van der Waals surface area (Å²) in [5, 5.41) is 5.83. The lowest BCUT2D eigenvalue weighted by Crippen LogP contribution is -2.21. The van der Waals surface area contributed by atoms with E-state index < -0.39 is 0 Å². The lowest BCUT2D eigenvalue weighted by atomic mass is 10.0. The van der Waals surface area contributed by atoms with Crippen molar-refractivity contribution in [2.75, 3.05) is 12.4 Å². The molecular weight excluding hydrogens is 522 g/mol. The molecule has 0 saturated carbocycles. The molecule has 1 atom stereocenters. The van der Waals surface area contributed by atoms with Crippen molar-refractivity contribution >= 4 is 23.6 Å². The Hall–Kier alpha value is -4.06. The van der Waals surface area contributed by atoms with Gasteiger partial charge in [0.15, 0.2) is 0 Å². The molecule has 2 amide bonds. The number of nitrogens with one attached hydrogen (secondary N) is 2. The molecule has 0 aliphatic heterocycles. The Morgan fingerprint density at radius 2 is 1.57 bits per heavy atom. The number of anilines is 1. The van der Waals surface area contributed by atoms with Crippen molar-refractivity contribution in [1.82, 2.24) is 5.32 Å². The molecule has 0 aliphatic carbocycles. The Labute approximate surface area is 254 Å². The maximum absolute atomic E-state index is 12.4. The molecular formula is C36H53N3O3. The van der Waals surface area contributed by atoms with Gasteiger partial charge in [-0.1, -0.05) is 98.1 Å². The van der Waals surface area contributed by atoms with Crippen molar-refractivity contribution in [3.05, 3.63) is 101 Å². The van der Waals surface area contributed by atoms with Crippen LogP contribution in [-0.4, -0.2) is 18.9 Å². The van der Waals surface area contributed by atoms with Gasteiger partial charge in [0.1, 0.15) is 5.75 Å². The lowest BCUT2D eigenvalue weighted by Gasteiger charge is -2.12. The number of ether oxygens (including phenoxy) is 1. The van der Waals surface area contributed by atoms with Crippen molar-refractivity contribution in [1.29, 1.82) is 0 Å². The first-order valence-corrected chi connectivity index (χ1v) is 15.1. The van der Waals surface area contributed by atoms with Crippen LogP contribution in [0.2, 0.25) is 0 Å². The normalized spacial score (nSPS) is 11.8. The van der Waals surface area contributed by atoms with E-state index in [1.165, 1.54) is 19.3 Å². The molecule has 0 saturated heterocycles. The predicted octanol–water partition coefficient (Wildman–Crippen LogP) is 9.04. The molecule has 0 fully saturated rings. The first-order chi connectivity index (χ1) is 20.2. The second kappa shape index (κ2) is 22.6. The molecule has 0 aliphatic rings. The third kappa shape index (κ3) is 15.1. The molecule has 4 N–H and O–H groups in total. The molecule has 42 heavy (non-hydrogen) atoms. The molecule has 230 valence electrons. The second-order valence-electron chi connectivity index (χ2n) is 9.37. The Bertz CT molecular complexity index is 1160. The number of methoxy groups -OCH3 is 1. The van der Waals surface area contributed by atoms with Crippen molar-refractivity contribution in [2.24, 2.45) is 11.7 Å². The number of unbranched alkanes of at least 4 members (excludes halogenated alkanes) is 3. The van der Waals surface area contributed by atoms with Gasteiger partial charge in [0.2, 0.25) is 5.91 Å². The third-order valence-electron chi connectivity index (χ3n) is 6.14. The Morgan fingerprint density at radius 1 is 0.952 bits per heavy atom. The topological polar surface area (TPSA) is 93.5 Å². The van der Waals surface area contributed by atoms with E-state index in [0.29, 0.717) is 28.3 Å². The van der Waals surface area contributed by atoms with Crippen LogP contribution < -0.4 is 21.1 Å². The quantitative estimate of drug-likeness (QED) is 0.155. The summed E-state index contributed by atoms with van der Waals surface area (Å²) >= 11 is 0. The Kier molecular flexibility index (Phi) is 20.4. The highest BCUT2D eigenvalue weighted by Gasteiger charge is 2.12. The molecule has 6 heteroatoms. The number of allylic oxidation sites excluding steroid dienone is 4. The second-order valence-corrected chi connectivity index (χ2v) is 9.37. The summed E-state index contributed by atoms with van der Waals surface area (Å²) in [6.45, 7) is 18.0. The number of hydrogen-bond donors (Lipinski definition) is 3. The summed E-state index contributed by atoms with van der Waals surface area (Å²) in [7, 11) is 1.58. The number of carbonyl (C=O) groups is 2. The molecule has 0 heterocycles. The zero-order chi connectivity index (χ0) is 31.9. The van der Waals surface area contributed by atoms with Gasteiger partial charge in [0, 0.05) is 28.6 Å². The van der Waals surface area contributed by atoms with Gasteiger partial charge in [0.05, 0.1) is 7.11 Å². The molecule has 0 aromatic heterocycles. The summed E-state index contributed by atoms with van der Waals surface area (Å²) < 4.78 is 5.11. The summed E-state index contributed by atoms with van der Waals surface area (Å²) in [6.07, 6.45) is 12.8. The predicted molar refractivity (Wildman–Crippen MR) is 180 cm³/mol. The monoisotopic (exact) mass is 575 g/mol. The molecule has 2 aromatic rings. The maximum atomic E-state index is 12.4. The molecule has 6 nitrogen and oxygen atoms in total. The fraction of sp³-hybridized carbons (Fsp3) is 0.389. The minimum absolute atomic E-state index is 0.00188. The third-order valence-corrected chi connectivity index (χ3v) is 6.14. The molecule has 2 aromatic carbocycles. The van der Waals surface area contributed by atoms with E-state index in [1.54, 1.807) is 50.5 Å². The first kappa shape index (κ1) is 37.9. The fourth-order valence-electron chi connectivity index (χ4n) is 3.60. The van der Waals surface area contributed by atoms with Crippen molar-refractivity contribution in [3.8, 4) is 5.75 Å². The van der Waals surface area contributed by atoms with E-state index in [4.69, 9.17) is 10.5 Å². The zero-order valence-electron chi connectivity index (χ0n) is 27.1. The Morgan fingerprint density at radius 3 is 2.14 bits per heavy atom. The molecule has 2 rings (SSSR count). The average molecular weight is 576 g/mol. The van der Waals surface area contributed by atoms with E-state index in [1.807, 2.05) is 71.0 Å². The largest absolute Gasteiger partial charge is 0.497 e. The van der Waals surface area contributed by atoms with Crippen LogP contribution in [0, 0.1) is 5.92 Å². The van der Waals surface area contributed by atoms with Crippen LogP contribution in [0.15, 0.2) is 90.3 Å². The van der Waals surface area contributed by atoms with Crippen molar-refractivity contribution in [2.45, 2.75) is 80.6 Å². The van der Waals surface area contributed by atoms with Crippen molar-refractivity contribution < 1.29 is 14.3 Å². The number of rotatable bonds is 14. The highest BCUT2D eigenvalue weighted by Crippen LogP contribution is 2.17. The van der Waals surface area contributed by atoms with Crippen LogP contribution in [0.5, 0.6) is 5.75 Å². The van der Waals surface area contributed by atoms with E-state index in [2.05, 4.69) is 24.1 Å². The molecule has 1 unspecified atom stereocenters. The van der Waals surface area contributed by atoms with Crippen LogP contribution in [0.25, 0.3) is 6.08 Å². The van der Waals surface area contributed by atoms with Gasteiger partial charge in [-0.2, -0.15) is 0 Å². The van der Waals surface area contributed by atoms with Gasteiger partial charge < -0.3 is 21.1 Å². The van der Waals surface area contributed by atoms with Crippen LogP contribution in [0.4, 0.5) is 5.69 Å². The van der Waals surface area contributed by atoms with Gasteiger partial charge in [-0.05, 0) is 73.0 Å². The maximum Gasteiger partial charge on any atom is 0.255 e. The Balaban J connectivity index is 0.00000402. The fourth-order valence-corrected chi connectivity index (χ4v) is 3.60. The average Bonchev–Trinajstić information content (AvgIpc) is 3.03. The van der Waals surface area contributed by atoms with Gasteiger partial charge in [0.25, 0.3) is 5.91 Å². The highest BCUT2D eigenvalue weighted by molar-refractivity contribution is 5.95. The van der Waals surface area contributed by atoms with Crippen molar-refractivity contribution in [3.63, 3.8) is 0 Å². The van der Waals surface area contributed by atoms with Gasteiger partial charge >= 0.3 is 0 Å². The van der Waals surface area contributed by atoms with Crippen LogP contribution in [0.1, 0.15) is 96.5 Å². The van der Waals surface area contributed by atoms with Crippen LogP contribution in [0.3, 0.4) is 0 Å². The smallest absolute Gasteiger partial charge is 0.255 e. The highest BCUT2D eigenvalue weighted by atomic mass is 16.5.